The number of nitrogens with one attached hydrogen (secondary N) is 1. The first-order chi connectivity index (χ1) is 8.29. The molecule has 1 N–H and O–H groups in total. The third-order valence-electron chi connectivity index (χ3n) is 2.71. The van der Waals surface area contributed by atoms with Crippen LogP contribution in [0.5, 0.6) is 0 Å². The summed E-state index contributed by atoms with van der Waals surface area (Å²) in [5.74, 6) is 2.65. The fourth-order valence-corrected chi connectivity index (χ4v) is 1.73. The first-order valence-electron chi connectivity index (χ1n) is 5.81. The lowest BCUT2D eigenvalue weighted by Crippen LogP contribution is -2.25. The van der Waals surface area contributed by atoms with Gasteiger partial charge in [0.05, 0.1) is 11.2 Å². The highest BCUT2D eigenvalue weighted by molar-refractivity contribution is 5.78. The molecule has 0 radical (unpaired) electrons. The number of aromatic nitrogens is 1. The van der Waals surface area contributed by atoms with Gasteiger partial charge in [-0.1, -0.05) is 24.3 Å². The van der Waals surface area contributed by atoms with Crippen LogP contribution in [0.15, 0.2) is 36.4 Å². The van der Waals surface area contributed by atoms with E-state index in [0.717, 1.165) is 24.2 Å². The predicted molar refractivity (Wildman–Crippen MR) is 71.5 cm³/mol. The van der Waals surface area contributed by atoms with Crippen LogP contribution in [0.4, 0.5) is 0 Å². The molecule has 0 amide bonds. The van der Waals surface area contributed by atoms with Crippen molar-refractivity contribution in [2.24, 2.45) is 0 Å². The van der Waals surface area contributed by atoms with Gasteiger partial charge >= 0.3 is 0 Å². The van der Waals surface area contributed by atoms with E-state index >= 15 is 0 Å². The Morgan fingerprint density at radius 1 is 1.29 bits per heavy atom. The quantitative estimate of drug-likeness (QED) is 0.808. The summed E-state index contributed by atoms with van der Waals surface area (Å²) in [6.07, 6.45) is 6.01. The molecular weight excluding hydrogens is 208 g/mol. The van der Waals surface area contributed by atoms with Crippen molar-refractivity contribution < 1.29 is 0 Å². The normalized spacial score (nSPS) is 12.2. The minimum absolute atomic E-state index is 0.327. The lowest BCUT2D eigenvalue weighted by Gasteiger charge is -2.10. The molecule has 1 aromatic heterocycles. The zero-order valence-electron chi connectivity index (χ0n) is 9.98. The molecule has 2 aromatic rings. The third-order valence-corrected chi connectivity index (χ3v) is 2.71. The van der Waals surface area contributed by atoms with Gasteiger partial charge in [0, 0.05) is 24.4 Å². The molecule has 0 aliphatic heterocycles. The van der Waals surface area contributed by atoms with E-state index in [-0.39, 0.29) is 0 Å². The molecule has 17 heavy (non-hydrogen) atoms. The van der Waals surface area contributed by atoms with Gasteiger partial charge in [-0.25, -0.2) is 0 Å². The Bertz CT molecular complexity index is 540. The fourth-order valence-electron chi connectivity index (χ4n) is 1.73. The Morgan fingerprint density at radius 3 is 2.94 bits per heavy atom. The van der Waals surface area contributed by atoms with Crippen molar-refractivity contribution >= 4 is 10.9 Å². The van der Waals surface area contributed by atoms with Crippen LogP contribution in [0.3, 0.4) is 0 Å². The van der Waals surface area contributed by atoms with Crippen LogP contribution < -0.4 is 5.32 Å². The van der Waals surface area contributed by atoms with Crippen LogP contribution in [-0.2, 0) is 6.54 Å². The van der Waals surface area contributed by atoms with Crippen LogP contribution in [0.25, 0.3) is 10.9 Å². The van der Waals surface area contributed by atoms with Crippen molar-refractivity contribution in [1.82, 2.24) is 10.3 Å². The van der Waals surface area contributed by atoms with E-state index in [4.69, 9.17) is 6.42 Å². The number of nitrogens with zero attached hydrogens (tertiary/aromatic N) is 1. The summed E-state index contributed by atoms with van der Waals surface area (Å²) >= 11 is 0. The number of hydrogen-bond donors (Lipinski definition) is 1. The van der Waals surface area contributed by atoms with Gasteiger partial charge in [-0.3, -0.25) is 4.98 Å². The van der Waals surface area contributed by atoms with Crippen molar-refractivity contribution in [3.8, 4) is 12.3 Å². The maximum atomic E-state index is 5.27. The second kappa shape index (κ2) is 5.47. The molecule has 2 heteroatoms. The maximum absolute atomic E-state index is 5.27. The van der Waals surface area contributed by atoms with Crippen molar-refractivity contribution in [1.29, 1.82) is 0 Å². The third kappa shape index (κ3) is 3.05. The van der Waals surface area contributed by atoms with Crippen molar-refractivity contribution in [2.75, 3.05) is 0 Å². The van der Waals surface area contributed by atoms with E-state index < -0.39 is 0 Å². The van der Waals surface area contributed by atoms with Crippen LogP contribution in [0, 0.1) is 12.3 Å². The molecular formula is C15H16N2. The topological polar surface area (TPSA) is 24.9 Å². The first-order valence-corrected chi connectivity index (χ1v) is 5.81. The highest BCUT2D eigenvalue weighted by Crippen LogP contribution is 2.11. The predicted octanol–water partition coefficient (Wildman–Crippen LogP) is 2.74. The molecule has 0 spiro atoms. The Balaban J connectivity index is 2.07. The van der Waals surface area contributed by atoms with Crippen LogP contribution in [-0.4, -0.2) is 11.0 Å². The maximum Gasteiger partial charge on any atom is 0.0705 e. The Labute approximate surface area is 102 Å². The number of rotatable bonds is 4. The summed E-state index contributed by atoms with van der Waals surface area (Å²) in [6, 6.07) is 12.6. The molecule has 0 saturated heterocycles. The number of hydrogen-bond acceptors (Lipinski definition) is 2. The van der Waals surface area contributed by atoms with Gasteiger partial charge in [0.2, 0.25) is 0 Å². The highest BCUT2D eigenvalue weighted by Gasteiger charge is 2.01. The lowest BCUT2D eigenvalue weighted by atomic mass is 10.2. The smallest absolute Gasteiger partial charge is 0.0705 e. The van der Waals surface area contributed by atoms with Gasteiger partial charge < -0.3 is 5.32 Å². The minimum atomic E-state index is 0.327. The number of benzene rings is 1. The van der Waals surface area contributed by atoms with Crippen LogP contribution >= 0.6 is 0 Å². The highest BCUT2D eigenvalue weighted by atomic mass is 14.9. The van der Waals surface area contributed by atoms with Crippen molar-refractivity contribution in [2.45, 2.75) is 25.9 Å². The molecule has 0 aliphatic carbocycles. The van der Waals surface area contributed by atoms with Gasteiger partial charge in [0.1, 0.15) is 0 Å². The molecule has 0 fully saturated rings. The van der Waals surface area contributed by atoms with Gasteiger partial charge in [-0.15, -0.1) is 12.3 Å². The molecule has 1 unspecified atom stereocenters. The van der Waals surface area contributed by atoms with Gasteiger partial charge in [-0.05, 0) is 19.1 Å². The SMILES string of the molecule is C#CCC(C)NCc1ccc2ccccc2n1. The second-order valence-corrected chi connectivity index (χ2v) is 4.19. The number of fused-ring (bicyclic) bond motifs is 1. The fraction of sp³-hybridized carbons (Fsp3) is 0.267. The zero-order chi connectivity index (χ0) is 12.1. The van der Waals surface area contributed by atoms with E-state index in [1.807, 2.05) is 18.2 Å². The van der Waals surface area contributed by atoms with Crippen LogP contribution in [0.1, 0.15) is 19.0 Å². The summed E-state index contributed by atoms with van der Waals surface area (Å²) in [4.78, 5) is 4.59. The molecule has 0 saturated carbocycles. The Morgan fingerprint density at radius 2 is 2.12 bits per heavy atom. The van der Waals surface area contributed by atoms with Gasteiger partial charge in [0.25, 0.3) is 0 Å². The molecule has 2 rings (SSSR count). The minimum Gasteiger partial charge on any atom is -0.308 e. The number of pyridine rings is 1. The van der Waals surface area contributed by atoms with E-state index in [1.54, 1.807) is 0 Å². The zero-order valence-corrected chi connectivity index (χ0v) is 9.98. The lowest BCUT2D eigenvalue weighted by molar-refractivity contribution is 0.554. The number of terminal acetylenes is 1. The molecule has 0 bridgehead atoms. The van der Waals surface area contributed by atoms with Crippen molar-refractivity contribution in [3.63, 3.8) is 0 Å². The number of para-hydroxylation sites is 1. The largest absolute Gasteiger partial charge is 0.308 e. The van der Waals surface area contributed by atoms with E-state index in [1.165, 1.54) is 5.39 Å². The molecule has 2 nitrogen and oxygen atoms in total. The van der Waals surface area contributed by atoms with E-state index in [2.05, 4.69) is 41.3 Å². The molecule has 1 heterocycles. The summed E-state index contributed by atoms with van der Waals surface area (Å²) in [6.45, 7) is 2.84. The summed E-state index contributed by atoms with van der Waals surface area (Å²) in [7, 11) is 0. The Hall–Kier alpha value is -1.85. The average molecular weight is 224 g/mol. The molecule has 0 aliphatic rings. The van der Waals surface area contributed by atoms with Crippen molar-refractivity contribution in [3.05, 3.63) is 42.1 Å². The Kier molecular flexibility index (Phi) is 3.74. The molecule has 1 aromatic carbocycles. The summed E-state index contributed by atoms with van der Waals surface area (Å²) < 4.78 is 0. The first kappa shape index (κ1) is 11.6. The standard InChI is InChI=1S/C15H16N2/c1-3-6-12(2)16-11-14-10-9-13-7-4-5-8-15(13)17-14/h1,4-5,7-10,12,16H,6,11H2,2H3. The molecule has 1 atom stereocenters. The monoisotopic (exact) mass is 224 g/mol. The van der Waals surface area contributed by atoms with Gasteiger partial charge in [-0.2, -0.15) is 0 Å². The van der Waals surface area contributed by atoms with Gasteiger partial charge in [0.15, 0.2) is 0 Å². The summed E-state index contributed by atoms with van der Waals surface area (Å²) in [5.41, 5.74) is 2.09. The average Bonchev–Trinajstić information content (AvgIpc) is 2.36. The second-order valence-electron chi connectivity index (χ2n) is 4.19. The molecule has 86 valence electrons. The van der Waals surface area contributed by atoms with E-state index in [0.29, 0.717) is 6.04 Å². The van der Waals surface area contributed by atoms with Crippen LogP contribution in [0.2, 0.25) is 0 Å². The summed E-state index contributed by atoms with van der Waals surface area (Å²) in [5, 5.41) is 4.53. The van der Waals surface area contributed by atoms with E-state index in [9.17, 15) is 0 Å².